The van der Waals surface area contributed by atoms with Crippen LogP contribution in [0.4, 0.5) is 0 Å². The lowest BCUT2D eigenvalue weighted by atomic mass is 10.1. The Morgan fingerprint density at radius 1 is 1.22 bits per heavy atom. The van der Waals surface area contributed by atoms with Gasteiger partial charge in [-0.05, 0) is 49.2 Å². The fourth-order valence-corrected chi connectivity index (χ4v) is 2.74. The Bertz CT molecular complexity index is 528. The summed E-state index contributed by atoms with van der Waals surface area (Å²) in [5, 5.41) is 12.8. The Kier molecular flexibility index (Phi) is 3.71. The zero-order valence-corrected chi connectivity index (χ0v) is 12.0. The van der Waals surface area contributed by atoms with Crippen LogP contribution in [0.3, 0.4) is 0 Å². The van der Waals surface area contributed by atoms with Crippen LogP contribution >= 0.6 is 11.8 Å². The summed E-state index contributed by atoms with van der Waals surface area (Å²) in [6.07, 6.45) is 0. The van der Waals surface area contributed by atoms with Crippen molar-refractivity contribution in [3.05, 3.63) is 35.4 Å². The predicted molar refractivity (Wildman–Crippen MR) is 73.6 cm³/mol. The molecule has 4 nitrogen and oxygen atoms in total. The summed E-state index contributed by atoms with van der Waals surface area (Å²) in [5.74, 6) is 0.892. The van der Waals surface area contributed by atoms with Crippen LogP contribution in [0.25, 0.3) is 0 Å². The van der Waals surface area contributed by atoms with E-state index in [1.165, 1.54) is 11.1 Å². The molecule has 5 heteroatoms. The number of tetrazole rings is 1. The minimum absolute atomic E-state index is 0.0857. The summed E-state index contributed by atoms with van der Waals surface area (Å²) in [6, 6.07) is 8.40. The normalized spacial score (nSPS) is 11.8. The van der Waals surface area contributed by atoms with Gasteiger partial charge in [0, 0.05) is 5.75 Å². The van der Waals surface area contributed by atoms with E-state index in [0.29, 0.717) is 0 Å². The summed E-state index contributed by atoms with van der Waals surface area (Å²) in [7, 11) is 0. The number of aryl methyl sites for hydroxylation is 1. The molecule has 2 rings (SSSR count). The molecule has 0 amide bonds. The van der Waals surface area contributed by atoms with Crippen molar-refractivity contribution >= 4 is 11.8 Å². The lowest BCUT2D eigenvalue weighted by molar-refractivity contribution is 0.321. The third-order valence-electron chi connectivity index (χ3n) is 2.69. The number of aromatic nitrogens is 4. The van der Waals surface area contributed by atoms with Crippen LogP contribution in [0.1, 0.15) is 31.9 Å². The van der Waals surface area contributed by atoms with E-state index < -0.39 is 0 Å². The molecule has 18 heavy (non-hydrogen) atoms. The lowest BCUT2D eigenvalue weighted by Gasteiger charge is -2.19. The summed E-state index contributed by atoms with van der Waals surface area (Å²) >= 11 is 1.67. The van der Waals surface area contributed by atoms with Crippen molar-refractivity contribution in [1.29, 1.82) is 0 Å². The van der Waals surface area contributed by atoms with Crippen molar-refractivity contribution in [1.82, 2.24) is 20.2 Å². The van der Waals surface area contributed by atoms with Gasteiger partial charge in [0.15, 0.2) is 0 Å². The number of benzene rings is 1. The molecular formula is C13H18N4S. The number of hydrogen-bond donors (Lipinski definition) is 0. The van der Waals surface area contributed by atoms with Crippen LogP contribution < -0.4 is 0 Å². The standard InChI is InChI=1S/C13H18N4S/c1-10-7-5-6-8-11(10)9-18-12-14-15-16-17(12)13(2,3)4/h5-8H,9H2,1-4H3. The fourth-order valence-electron chi connectivity index (χ4n) is 1.60. The largest absolute Gasteiger partial charge is 0.215 e. The zero-order valence-electron chi connectivity index (χ0n) is 11.2. The van der Waals surface area contributed by atoms with Crippen molar-refractivity contribution in [3.8, 4) is 0 Å². The second-order valence-electron chi connectivity index (χ2n) is 5.26. The monoisotopic (exact) mass is 262 g/mol. The molecule has 0 spiro atoms. The van der Waals surface area contributed by atoms with Gasteiger partial charge in [0.1, 0.15) is 0 Å². The van der Waals surface area contributed by atoms with Gasteiger partial charge in [-0.25, -0.2) is 4.68 Å². The highest BCUT2D eigenvalue weighted by Crippen LogP contribution is 2.25. The van der Waals surface area contributed by atoms with E-state index in [1.54, 1.807) is 11.8 Å². The second kappa shape index (κ2) is 5.10. The molecule has 0 N–H and O–H groups in total. The molecule has 1 aromatic carbocycles. The first kappa shape index (κ1) is 13.1. The van der Waals surface area contributed by atoms with Crippen LogP contribution in [0.2, 0.25) is 0 Å². The van der Waals surface area contributed by atoms with E-state index in [2.05, 4.69) is 67.5 Å². The van der Waals surface area contributed by atoms with Gasteiger partial charge in [0.2, 0.25) is 5.16 Å². The second-order valence-corrected chi connectivity index (χ2v) is 6.20. The molecule has 0 saturated heterocycles. The fraction of sp³-hybridized carbons (Fsp3) is 0.462. The van der Waals surface area contributed by atoms with Crippen LogP contribution in [0, 0.1) is 6.92 Å². The van der Waals surface area contributed by atoms with Crippen molar-refractivity contribution in [2.45, 2.75) is 44.1 Å². The molecule has 96 valence electrons. The molecular weight excluding hydrogens is 244 g/mol. The molecule has 0 atom stereocenters. The van der Waals surface area contributed by atoms with Crippen LogP contribution in [0.15, 0.2) is 29.4 Å². The van der Waals surface area contributed by atoms with Gasteiger partial charge in [0.05, 0.1) is 5.54 Å². The van der Waals surface area contributed by atoms with Gasteiger partial charge in [-0.2, -0.15) is 0 Å². The lowest BCUT2D eigenvalue weighted by Crippen LogP contribution is -2.24. The molecule has 1 aromatic heterocycles. The maximum Gasteiger partial charge on any atom is 0.210 e. The third-order valence-corrected chi connectivity index (χ3v) is 3.66. The Balaban J connectivity index is 2.12. The summed E-state index contributed by atoms with van der Waals surface area (Å²) in [6.45, 7) is 8.42. The van der Waals surface area contributed by atoms with Crippen molar-refractivity contribution in [2.24, 2.45) is 0 Å². The maximum absolute atomic E-state index is 4.09. The minimum Gasteiger partial charge on any atom is -0.215 e. The minimum atomic E-state index is -0.0857. The van der Waals surface area contributed by atoms with E-state index in [4.69, 9.17) is 0 Å². The number of nitrogens with zero attached hydrogens (tertiary/aromatic N) is 4. The molecule has 0 unspecified atom stereocenters. The molecule has 0 aliphatic rings. The molecule has 1 heterocycles. The van der Waals surface area contributed by atoms with Gasteiger partial charge in [-0.1, -0.05) is 36.0 Å². The van der Waals surface area contributed by atoms with Gasteiger partial charge >= 0.3 is 0 Å². The molecule has 0 fully saturated rings. The number of thioether (sulfide) groups is 1. The summed E-state index contributed by atoms with van der Waals surface area (Å²) in [4.78, 5) is 0. The Morgan fingerprint density at radius 2 is 1.94 bits per heavy atom. The van der Waals surface area contributed by atoms with Gasteiger partial charge in [-0.3, -0.25) is 0 Å². The molecule has 0 saturated carbocycles. The van der Waals surface area contributed by atoms with Crippen molar-refractivity contribution in [2.75, 3.05) is 0 Å². The number of hydrogen-bond acceptors (Lipinski definition) is 4. The molecule has 2 aromatic rings. The van der Waals surface area contributed by atoms with Crippen molar-refractivity contribution in [3.63, 3.8) is 0 Å². The van der Waals surface area contributed by atoms with Crippen LogP contribution in [-0.2, 0) is 11.3 Å². The molecule has 0 bridgehead atoms. The summed E-state index contributed by atoms with van der Waals surface area (Å²) < 4.78 is 1.87. The van der Waals surface area contributed by atoms with Crippen LogP contribution in [0.5, 0.6) is 0 Å². The highest BCUT2D eigenvalue weighted by Gasteiger charge is 2.19. The predicted octanol–water partition coefficient (Wildman–Crippen LogP) is 3.03. The maximum atomic E-state index is 4.09. The third kappa shape index (κ3) is 2.90. The van der Waals surface area contributed by atoms with E-state index in [0.717, 1.165) is 10.9 Å². The van der Waals surface area contributed by atoms with Crippen LogP contribution in [-0.4, -0.2) is 20.2 Å². The average molecular weight is 262 g/mol. The van der Waals surface area contributed by atoms with E-state index in [1.807, 2.05) is 4.68 Å². The first-order chi connectivity index (χ1) is 8.48. The van der Waals surface area contributed by atoms with E-state index in [-0.39, 0.29) is 5.54 Å². The Labute approximate surface area is 112 Å². The molecule has 0 aliphatic carbocycles. The van der Waals surface area contributed by atoms with Gasteiger partial charge in [0.25, 0.3) is 0 Å². The SMILES string of the molecule is Cc1ccccc1CSc1nnnn1C(C)(C)C. The Hall–Kier alpha value is -1.36. The van der Waals surface area contributed by atoms with Crippen molar-refractivity contribution < 1.29 is 0 Å². The zero-order chi connectivity index (χ0) is 13.2. The first-order valence-corrected chi connectivity index (χ1v) is 6.93. The topological polar surface area (TPSA) is 43.6 Å². The smallest absolute Gasteiger partial charge is 0.210 e. The van der Waals surface area contributed by atoms with E-state index >= 15 is 0 Å². The number of rotatable bonds is 3. The molecule has 0 radical (unpaired) electrons. The van der Waals surface area contributed by atoms with E-state index in [9.17, 15) is 0 Å². The highest BCUT2D eigenvalue weighted by molar-refractivity contribution is 7.98. The first-order valence-electron chi connectivity index (χ1n) is 5.94. The van der Waals surface area contributed by atoms with Gasteiger partial charge in [-0.15, -0.1) is 5.10 Å². The highest BCUT2D eigenvalue weighted by atomic mass is 32.2. The average Bonchev–Trinajstić information content (AvgIpc) is 2.76. The van der Waals surface area contributed by atoms with Gasteiger partial charge < -0.3 is 0 Å². The molecule has 0 aliphatic heterocycles. The summed E-state index contributed by atoms with van der Waals surface area (Å²) in [5.41, 5.74) is 2.54. The Morgan fingerprint density at radius 3 is 2.61 bits per heavy atom. The quantitative estimate of drug-likeness (QED) is 0.797.